The number of carbonyl (C=O) groups is 1. The number of para-hydroxylation sites is 1. The fraction of sp³-hybridized carbons (Fsp3) is 0.222. The van der Waals surface area contributed by atoms with Crippen LogP contribution in [0.3, 0.4) is 0 Å². The highest BCUT2D eigenvalue weighted by Gasteiger charge is 2.27. The van der Waals surface area contributed by atoms with Crippen molar-refractivity contribution in [2.75, 3.05) is 0 Å². The predicted molar refractivity (Wildman–Crippen MR) is 43.4 cm³/mol. The molecule has 0 fully saturated rings. The fourth-order valence-electron chi connectivity index (χ4n) is 1.37. The van der Waals surface area contributed by atoms with Gasteiger partial charge in [0.15, 0.2) is 6.04 Å². The number of benzene rings is 1. The Hall–Kier alpha value is -1.51. The quantitative estimate of drug-likeness (QED) is 0.667. The van der Waals surface area contributed by atoms with E-state index in [0.717, 1.165) is 11.3 Å². The zero-order chi connectivity index (χ0) is 8.55. The number of nitrogens with zero attached hydrogens (tertiary/aromatic N) is 1. The van der Waals surface area contributed by atoms with Crippen molar-refractivity contribution < 1.29 is 9.90 Å². The molecule has 2 rings (SSSR count). The summed E-state index contributed by atoms with van der Waals surface area (Å²) in [4.78, 5) is 10.6. The van der Waals surface area contributed by atoms with Crippen LogP contribution in [0.1, 0.15) is 5.56 Å². The summed E-state index contributed by atoms with van der Waals surface area (Å²) in [5, 5.41) is 12.7. The Bertz CT molecular complexity index is 297. The summed E-state index contributed by atoms with van der Waals surface area (Å²) in [6.07, 6.45) is 0.533. The van der Waals surface area contributed by atoms with Gasteiger partial charge in [0.1, 0.15) is 0 Å². The minimum atomic E-state index is -0.841. The van der Waals surface area contributed by atoms with Gasteiger partial charge in [-0.1, -0.05) is 18.2 Å². The van der Waals surface area contributed by atoms with E-state index in [-0.39, 0.29) is 0 Å². The van der Waals surface area contributed by atoms with Gasteiger partial charge < -0.3 is 5.11 Å². The second-order valence-corrected chi connectivity index (χ2v) is 2.82. The van der Waals surface area contributed by atoms with Crippen LogP contribution < -0.4 is 5.32 Å². The molecule has 3 heteroatoms. The lowest BCUT2D eigenvalue weighted by atomic mass is 10.1. The summed E-state index contributed by atoms with van der Waals surface area (Å²) in [5.74, 6) is -0.841. The van der Waals surface area contributed by atoms with E-state index in [1.54, 1.807) is 0 Å². The lowest BCUT2D eigenvalue weighted by molar-refractivity contribution is -0.138. The Labute approximate surface area is 70.0 Å². The highest BCUT2D eigenvalue weighted by molar-refractivity contribution is 5.77. The summed E-state index contributed by atoms with van der Waals surface area (Å²) in [5.41, 5.74) is 1.86. The van der Waals surface area contributed by atoms with Crippen molar-refractivity contribution >= 4 is 11.7 Å². The normalized spacial score (nSPS) is 19.8. The molecule has 0 saturated carbocycles. The molecule has 1 aromatic carbocycles. The maximum Gasteiger partial charge on any atom is 0.328 e. The van der Waals surface area contributed by atoms with E-state index in [1.807, 2.05) is 24.3 Å². The molecule has 1 atom stereocenters. The van der Waals surface area contributed by atoms with Gasteiger partial charge >= 0.3 is 5.97 Å². The molecule has 1 radical (unpaired) electrons. The van der Waals surface area contributed by atoms with Crippen molar-refractivity contribution in [2.24, 2.45) is 0 Å². The maximum absolute atomic E-state index is 10.6. The molecule has 0 spiro atoms. The summed E-state index contributed by atoms with van der Waals surface area (Å²) < 4.78 is 0. The summed E-state index contributed by atoms with van der Waals surface area (Å²) in [6.45, 7) is 0. The molecule has 61 valence electrons. The first kappa shape index (κ1) is 7.16. The van der Waals surface area contributed by atoms with Crippen molar-refractivity contribution in [1.82, 2.24) is 5.32 Å². The SMILES string of the molecule is O=C(O)[C@@H]1Cc2ccccc2[N]1. The van der Waals surface area contributed by atoms with Gasteiger partial charge in [-0.05, 0) is 11.6 Å². The first-order valence-electron chi connectivity index (χ1n) is 3.79. The largest absolute Gasteiger partial charge is 0.480 e. The Morgan fingerprint density at radius 3 is 2.92 bits per heavy atom. The van der Waals surface area contributed by atoms with Gasteiger partial charge in [-0.15, -0.1) is 0 Å². The molecule has 0 amide bonds. The van der Waals surface area contributed by atoms with Crippen molar-refractivity contribution in [1.29, 1.82) is 0 Å². The van der Waals surface area contributed by atoms with Crippen LogP contribution in [0.5, 0.6) is 0 Å². The van der Waals surface area contributed by atoms with Crippen LogP contribution in [-0.4, -0.2) is 17.1 Å². The molecule has 12 heavy (non-hydrogen) atoms. The van der Waals surface area contributed by atoms with E-state index < -0.39 is 12.0 Å². The number of hydrogen-bond donors (Lipinski definition) is 1. The van der Waals surface area contributed by atoms with E-state index in [4.69, 9.17) is 5.11 Å². The molecule has 1 aliphatic rings. The monoisotopic (exact) mass is 162 g/mol. The second-order valence-electron chi connectivity index (χ2n) is 2.82. The van der Waals surface area contributed by atoms with Crippen LogP contribution >= 0.6 is 0 Å². The minimum Gasteiger partial charge on any atom is -0.480 e. The third-order valence-electron chi connectivity index (χ3n) is 1.98. The van der Waals surface area contributed by atoms with Crippen LogP contribution in [-0.2, 0) is 11.2 Å². The molecule has 0 aliphatic carbocycles. The number of aliphatic carboxylic acids is 1. The average molecular weight is 162 g/mol. The minimum absolute atomic E-state index is 0.533. The van der Waals surface area contributed by atoms with E-state index >= 15 is 0 Å². The molecule has 1 N–H and O–H groups in total. The molecule has 1 aromatic rings. The highest BCUT2D eigenvalue weighted by atomic mass is 16.4. The number of hydrogen-bond acceptors (Lipinski definition) is 1. The van der Waals surface area contributed by atoms with Crippen LogP contribution in [0.25, 0.3) is 0 Å². The summed E-state index contributed by atoms with van der Waals surface area (Å²) in [6, 6.07) is 6.97. The molecule has 3 nitrogen and oxygen atoms in total. The third kappa shape index (κ3) is 1.03. The maximum atomic E-state index is 10.6. The Balaban J connectivity index is 2.27. The topological polar surface area (TPSA) is 51.4 Å². The number of fused-ring (bicyclic) bond motifs is 1. The number of rotatable bonds is 1. The molecule has 0 saturated heterocycles. The van der Waals surface area contributed by atoms with Gasteiger partial charge in [0, 0.05) is 6.42 Å². The second kappa shape index (κ2) is 2.52. The van der Waals surface area contributed by atoms with Gasteiger partial charge in [-0.3, -0.25) is 5.32 Å². The highest BCUT2D eigenvalue weighted by Crippen LogP contribution is 2.25. The average Bonchev–Trinajstić information content (AvgIpc) is 2.46. The fourth-order valence-corrected chi connectivity index (χ4v) is 1.37. The molecule has 1 aliphatic heterocycles. The van der Waals surface area contributed by atoms with Gasteiger partial charge in [-0.2, -0.15) is 0 Å². The predicted octanol–water partition coefficient (Wildman–Crippen LogP) is 0.932. The van der Waals surface area contributed by atoms with Crippen molar-refractivity contribution in [3.63, 3.8) is 0 Å². The smallest absolute Gasteiger partial charge is 0.328 e. The van der Waals surface area contributed by atoms with E-state index in [2.05, 4.69) is 5.32 Å². The molecular formula is C9H8NO2. The first-order chi connectivity index (χ1) is 5.77. The first-order valence-corrected chi connectivity index (χ1v) is 3.79. The Morgan fingerprint density at radius 2 is 2.25 bits per heavy atom. The Kier molecular flexibility index (Phi) is 1.50. The van der Waals surface area contributed by atoms with Gasteiger partial charge in [-0.25, -0.2) is 4.79 Å². The van der Waals surface area contributed by atoms with Gasteiger partial charge in [0.25, 0.3) is 0 Å². The molecule has 0 unspecified atom stereocenters. The molecule has 1 heterocycles. The molecule has 0 aromatic heterocycles. The molecule has 0 bridgehead atoms. The van der Waals surface area contributed by atoms with Crippen LogP contribution in [0.2, 0.25) is 0 Å². The lowest BCUT2D eigenvalue weighted by Crippen LogP contribution is -2.25. The van der Waals surface area contributed by atoms with Crippen molar-refractivity contribution in [3.05, 3.63) is 29.8 Å². The van der Waals surface area contributed by atoms with Crippen LogP contribution in [0.15, 0.2) is 24.3 Å². The van der Waals surface area contributed by atoms with Gasteiger partial charge in [0.2, 0.25) is 0 Å². The van der Waals surface area contributed by atoms with Crippen LogP contribution in [0.4, 0.5) is 5.69 Å². The molecular weight excluding hydrogens is 154 g/mol. The lowest BCUT2D eigenvalue weighted by Gasteiger charge is -1.99. The zero-order valence-electron chi connectivity index (χ0n) is 6.40. The van der Waals surface area contributed by atoms with Gasteiger partial charge in [0.05, 0.1) is 5.69 Å². The number of carboxylic acids is 1. The van der Waals surface area contributed by atoms with Crippen LogP contribution in [0, 0.1) is 0 Å². The summed E-state index contributed by atoms with van der Waals surface area (Å²) in [7, 11) is 0. The zero-order valence-corrected chi connectivity index (χ0v) is 6.40. The Morgan fingerprint density at radius 1 is 1.50 bits per heavy atom. The summed E-state index contributed by atoms with van der Waals surface area (Å²) >= 11 is 0. The van der Waals surface area contributed by atoms with E-state index in [9.17, 15) is 4.79 Å². The van der Waals surface area contributed by atoms with Crippen molar-refractivity contribution in [3.8, 4) is 0 Å². The van der Waals surface area contributed by atoms with E-state index in [1.165, 1.54) is 0 Å². The third-order valence-corrected chi connectivity index (χ3v) is 1.98. The standard InChI is InChI=1S/C9H8NO2/c11-9(12)8-5-6-3-1-2-4-7(6)10-8/h1-4,8H,5H2,(H,11,12)/t8-/m0/s1. The van der Waals surface area contributed by atoms with Crippen molar-refractivity contribution in [2.45, 2.75) is 12.5 Å². The van der Waals surface area contributed by atoms with E-state index in [0.29, 0.717) is 6.42 Å². The number of carboxylic acid groups (broad SMARTS) is 1.